The number of benzene rings is 4. The molecule has 0 N–H and O–H groups in total. The molecule has 0 fully saturated rings. The number of nitrogens with zero attached hydrogens (tertiary/aromatic N) is 2. The Balaban J connectivity index is 0.000000245. The molecular formula is C42H42IrN2SSi-2. The summed E-state index contributed by atoms with van der Waals surface area (Å²) in [7, 11) is -1.24. The number of aryl methyl sites for hydroxylation is 2. The van der Waals surface area contributed by atoms with E-state index in [9.17, 15) is 0 Å². The van der Waals surface area contributed by atoms with Crippen molar-refractivity contribution in [1.29, 1.82) is 0 Å². The van der Waals surface area contributed by atoms with E-state index >= 15 is 0 Å². The first kappa shape index (κ1) is 28.5. The molecule has 0 unspecified atom stereocenters. The van der Waals surface area contributed by atoms with Crippen LogP contribution in [0.4, 0.5) is 0 Å². The molecule has 0 atom stereocenters. The van der Waals surface area contributed by atoms with Crippen LogP contribution >= 0.6 is 11.3 Å². The fourth-order valence-electron chi connectivity index (χ4n) is 5.38. The predicted octanol–water partition coefficient (Wildman–Crippen LogP) is 11.4. The summed E-state index contributed by atoms with van der Waals surface area (Å²) in [5.74, 6) is 0. The van der Waals surface area contributed by atoms with Gasteiger partial charge in [-0.25, -0.2) is 0 Å². The summed E-state index contributed by atoms with van der Waals surface area (Å²) in [5.41, 5.74) is 3.88. The second-order valence-corrected chi connectivity index (χ2v) is 20.0. The largest absolute Gasteiger partial charge is 0.305 e. The summed E-state index contributed by atoms with van der Waals surface area (Å²) in [6.07, 6.45) is 1.46. The minimum absolute atomic E-state index is 0. The normalized spacial score (nSPS) is 13.9. The molecule has 3 heterocycles. The van der Waals surface area contributed by atoms with E-state index < -0.39 is 26.7 Å². The van der Waals surface area contributed by atoms with Crippen LogP contribution in [0.1, 0.15) is 44.3 Å². The van der Waals surface area contributed by atoms with Gasteiger partial charge in [-0.15, -0.1) is 59.2 Å². The molecule has 2 nitrogen and oxygen atoms in total. The van der Waals surface area contributed by atoms with Gasteiger partial charge in [-0.05, 0) is 73.8 Å². The first-order valence-electron chi connectivity index (χ1n) is 18.1. The van der Waals surface area contributed by atoms with Gasteiger partial charge < -0.3 is 9.97 Å². The molecule has 5 heteroatoms. The van der Waals surface area contributed by atoms with E-state index in [1.807, 2.05) is 36.5 Å². The van der Waals surface area contributed by atoms with Crippen molar-refractivity contribution in [3.63, 3.8) is 0 Å². The van der Waals surface area contributed by atoms with E-state index in [0.717, 1.165) is 37.0 Å². The van der Waals surface area contributed by atoms with E-state index in [1.165, 1.54) is 27.7 Å². The van der Waals surface area contributed by atoms with Gasteiger partial charge in [-0.3, -0.25) is 0 Å². The Morgan fingerprint density at radius 2 is 1.60 bits per heavy atom. The molecule has 241 valence electrons. The second-order valence-electron chi connectivity index (χ2n) is 13.8. The molecule has 0 spiro atoms. The molecule has 0 aliphatic carbocycles. The summed E-state index contributed by atoms with van der Waals surface area (Å²) in [6, 6.07) is 35.2. The standard InChI is InChI=1S/C27H24NS.C15H18NSi.Ir/c1-17-16-28-24(13-20(17)15-27(2,3)4)22-11-7-10-21-23-12-18-8-5-6-9-19(18)14-25(23)29-26(21)22;1-12-5-7-13(8-6-12)15-10-9-14(11-16-15)17(2,3)4;/h5-10,12-14,16H,15H2,1-4H3;5-7,9-11H,1-4H3;/q2*-1;/i1D3,15D2;;. The number of thiophene rings is 1. The third-order valence-corrected chi connectivity index (χ3v) is 11.1. The number of fused-ring (bicyclic) bond motifs is 4. The Morgan fingerprint density at radius 1 is 0.851 bits per heavy atom. The summed E-state index contributed by atoms with van der Waals surface area (Å²) in [4.78, 5) is 9.04. The van der Waals surface area contributed by atoms with E-state index in [2.05, 4.69) is 97.2 Å². The molecule has 3 aromatic heterocycles. The Hall–Kier alpha value is -3.47. The fraction of sp³-hybridized carbons (Fsp3) is 0.238. The summed E-state index contributed by atoms with van der Waals surface area (Å²) in [6.45, 7) is 11.9. The van der Waals surface area contributed by atoms with Crippen molar-refractivity contribution >= 4 is 55.5 Å². The van der Waals surface area contributed by atoms with Crippen molar-refractivity contribution in [3.05, 3.63) is 126 Å². The van der Waals surface area contributed by atoms with Crippen molar-refractivity contribution in [2.75, 3.05) is 0 Å². The van der Waals surface area contributed by atoms with Crippen LogP contribution in [-0.4, -0.2) is 18.0 Å². The molecule has 1 radical (unpaired) electrons. The molecular weight excluding hydrogens is 785 g/mol. The van der Waals surface area contributed by atoms with E-state index in [0.29, 0.717) is 5.69 Å². The van der Waals surface area contributed by atoms with Crippen molar-refractivity contribution in [2.24, 2.45) is 5.41 Å². The second kappa shape index (κ2) is 13.9. The molecule has 0 bridgehead atoms. The smallest absolute Gasteiger partial charge is 0.0795 e. The van der Waals surface area contributed by atoms with Crippen LogP contribution in [0.2, 0.25) is 19.6 Å². The maximum Gasteiger partial charge on any atom is 0.0795 e. The van der Waals surface area contributed by atoms with Gasteiger partial charge in [0, 0.05) is 44.1 Å². The number of rotatable bonds is 4. The Morgan fingerprint density at radius 3 is 2.23 bits per heavy atom. The minimum Gasteiger partial charge on any atom is -0.305 e. The van der Waals surface area contributed by atoms with Crippen molar-refractivity contribution < 1.29 is 27.0 Å². The third-order valence-electron chi connectivity index (χ3n) is 7.84. The average molecular weight is 832 g/mol. The topological polar surface area (TPSA) is 25.8 Å². The van der Waals surface area contributed by atoms with Gasteiger partial charge >= 0.3 is 0 Å². The molecule has 7 rings (SSSR count). The molecule has 47 heavy (non-hydrogen) atoms. The maximum atomic E-state index is 8.81. The van der Waals surface area contributed by atoms with Crippen LogP contribution in [0, 0.1) is 31.3 Å². The number of hydrogen-bond acceptors (Lipinski definition) is 3. The number of pyridine rings is 2. The third kappa shape index (κ3) is 7.98. The van der Waals surface area contributed by atoms with Crippen molar-refractivity contribution in [2.45, 2.75) is 60.6 Å². The van der Waals surface area contributed by atoms with Gasteiger partial charge in [0.25, 0.3) is 0 Å². The molecule has 0 aliphatic heterocycles. The fourth-order valence-corrected chi connectivity index (χ4v) is 7.65. The Labute approximate surface area is 305 Å². The SMILES string of the molecule is Cc1c[c-]c(-c2ccc([Si](C)(C)C)cn2)cc1.[2H]C([2H])([2H])c1cnc(-c2[c-]ccc3c2sc2cc4ccccc4cc23)cc1C([2H])([2H])C(C)(C)C.[Ir]. The first-order valence-corrected chi connectivity index (χ1v) is 19.9. The van der Waals surface area contributed by atoms with Crippen LogP contribution in [-0.2, 0) is 26.5 Å². The van der Waals surface area contributed by atoms with Crippen LogP contribution in [0.3, 0.4) is 0 Å². The van der Waals surface area contributed by atoms with Crippen molar-refractivity contribution in [1.82, 2.24) is 9.97 Å². The van der Waals surface area contributed by atoms with Gasteiger partial charge in [0.1, 0.15) is 0 Å². The predicted molar refractivity (Wildman–Crippen MR) is 203 cm³/mol. The summed E-state index contributed by atoms with van der Waals surface area (Å²) < 4.78 is 43.7. The van der Waals surface area contributed by atoms with Gasteiger partial charge in [0.15, 0.2) is 0 Å². The first-order chi connectivity index (χ1) is 23.8. The van der Waals surface area contributed by atoms with Crippen LogP contribution < -0.4 is 5.19 Å². The van der Waals surface area contributed by atoms with Crippen LogP contribution in [0.25, 0.3) is 53.5 Å². The molecule has 0 aliphatic rings. The maximum absolute atomic E-state index is 8.81. The van der Waals surface area contributed by atoms with Crippen LogP contribution in [0.15, 0.2) is 97.3 Å². The number of hydrogen-bond donors (Lipinski definition) is 0. The van der Waals surface area contributed by atoms with E-state index in [-0.39, 0.29) is 31.2 Å². The summed E-state index contributed by atoms with van der Waals surface area (Å²) >= 11 is 1.65. The monoisotopic (exact) mass is 832 g/mol. The zero-order valence-corrected chi connectivity index (χ0v) is 32.1. The Bertz CT molecular complexity index is 2360. The van der Waals surface area contributed by atoms with E-state index in [1.54, 1.807) is 38.2 Å². The molecule has 0 saturated carbocycles. The van der Waals surface area contributed by atoms with Gasteiger partial charge in [0.05, 0.1) is 8.07 Å². The molecule has 7 aromatic rings. The average Bonchev–Trinajstić information content (AvgIpc) is 3.44. The van der Waals surface area contributed by atoms with Gasteiger partial charge in [-0.2, -0.15) is 11.3 Å². The zero-order chi connectivity index (χ0) is 36.9. The molecule has 0 amide bonds. The van der Waals surface area contributed by atoms with Gasteiger partial charge in [0.2, 0.25) is 0 Å². The molecule has 0 saturated heterocycles. The quantitative estimate of drug-likeness (QED) is 0.130. The summed E-state index contributed by atoms with van der Waals surface area (Å²) in [5, 5.41) is 5.98. The van der Waals surface area contributed by atoms with Crippen LogP contribution in [0.5, 0.6) is 0 Å². The Kier molecular flexibility index (Phi) is 8.46. The number of aromatic nitrogens is 2. The van der Waals surface area contributed by atoms with Gasteiger partial charge in [-0.1, -0.05) is 101 Å². The van der Waals surface area contributed by atoms with Crippen molar-refractivity contribution in [3.8, 4) is 22.5 Å². The zero-order valence-electron chi connectivity index (χ0n) is 32.9. The van der Waals surface area contributed by atoms with E-state index in [4.69, 9.17) is 6.85 Å². The molecule has 4 aromatic carbocycles. The minimum atomic E-state index is -2.47.